The summed E-state index contributed by atoms with van der Waals surface area (Å²) in [5.41, 5.74) is 2.51. The van der Waals surface area contributed by atoms with Crippen molar-refractivity contribution in [3.05, 3.63) is 60.2 Å². The van der Waals surface area contributed by atoms with Crippen LogP contribution in [0.5, 0.6) is 0 Å². The van der Waals surface area contributed by atoms with Gasteiger partial charge in [0.15, 0.2) is 0 Å². The van der Waals surface area contributed by atoms with Crippen molar-refractivity contribution >= 4 is 21.8 Å². The Morgan fingerprint density at radius 2 is 1.72 bits per heavy atom. The van der Waals surface area contributed by atoms with Crippen LogP contribution in [-0.2, 0) is 5.75 Å². The zero-order valence-electron chi connectivity index (χ0n) is 10.3. The molecule has 0 fully saturated rings. The number of nitrogens with zero attached hydrogens (tertiary/aromatic N) is 1. The predicted molar refractivity (Wildman–Crippen MR) is 80.0 cm³/mol. The van der Waals surface area contributed by atoms with Crippen molar-refractivity contribution < 1.29 is 0 Å². The average Bonchev–Trinajstić information content (AvgIpc) is 2.78. The molecule has 0 saturated carbocycles. The molecule has 2 aromatic carbocycles. The highest BCUT2D eigenvalue weighted by atomic mass is 32.2. The SMILES string of the molecule is CNC1=Nc2ccccc2[SH]1Cc1ccccc1. The molecule has 0 aromatic heterocycles. The lowest BCUT2D eigenvalue weighted by Crippen LogP contribution is -2.16. The van der Waals surface area contributed by atoms with Crippen molar-refractivity contribution in [3.63, 3.8) is 0 Å². The van der Waals surface area contributed by atoms with E-state index in [0.29, 0.717) is 0 Å². The number of fused-ring (bicyclic) bond motifs is 1. The van der Waals surface area contributed by atoms with Crippen molar-refractivity contribution in [3.8, 4) is 0 Å². The van der Waals surface area contributed by atoms with E-state index in [4.69, 9.17) is 0 Å². The fourth-order valence-corrected chi connectivity index (χ4v) is 4.48. The van der Waals surface area contributed by atoms with Crippen LogP contribution in [0.15, 0.2) is 64.5 Å². The van der Waals surface area contributed by atoms with E-state index in [1.54, 1.807) is 0 Å². The number of aliphatic imine (C=N–C) groups is 1. The summed E-state index contributed by atoms with van der Waals surface area (Å²) in [6, 6.07) is 19.1. The normalized spacial score (nSPS) is 19.2. The number of amidine groups is 1. The van der Waals surface area contributed by atoms with Gasteiger partial charge in [0.2, 0.25) is 0 Å². The molecule has 3 rings (SSSR count). The molecule has 1 atom stereocenters. The highest BCUT2D eigenvalue weighted by Gasteiger charge is 2.22. The summed E-state index contributed by atoms with van der Waals surface area (Å²) in [5.74, 6) is 1.06. The molecule has 1 unspecified atom stereocenters. The van der Waals surface area contributed by atoms with E-state index >= 15 is 0 Å². The van der Waals surface area contributed by atoms with E-state index in [1.807, 2.05) is 7.05 Å². The van der Waals surface area contributed by atoms with Crippen molar-refractivity contribution in [1.82, 2.24) is 5.32 Å². The molecule has 18 heavy (non-hydrogen) atoms. The molecule has 1 aliphatic heterocycles. The first-order valence-corrected chi connectivity index (χ1v) is 7.58. The number of hydrogen-bond donors (Lipinski definition) is 2. The van der Waals surface area contributed by atoms with Gasteiger partial charge >= 0.3 is 0 Å². The molecule has 0 aliphatic carbocycles. The second-order valence-corrected chi connectivity index (χ2v) is 6.32. The molecule has 0 radical (unpaired) electrons. The second kappa shape index (κ2) is 4.86. The van der Waals surface area contributed by atoms with Gasteiger partial charge in [0, 0.05) is 17.7 Å². The Hall–Kier alpha value is -1.74. The van der Waals surface area contributed by atoms with E-state index < -0.39 is 0 Å². The monoisotopic (exact) mass is 256 g/mol. The second-order valence-electron chi connectivity index (χ2n) is 4.25. The Kier molecular flexibility index (Phi) is 3.07. The van der Waals surface area contributed by atoms with Crippen molar-refractivity contribution in [2.24, 2.45) is 4.99 Å². The van der Waals surface area contributed by atoms with Gasteiger partial charge in [-0.05, 0) is 17.7 Å². The van der Waals surface area contributed by atoms with Crippen LogP contribution in [0, 0.1) is 0 Å². The van der Waals surface area contributed by atoms with Crippen molar-refractivity contribution in [1.29, 1.82) is 0 Å². The van der Waals surface area contributed by atoms with Gasteiger partial charge in [0.25, 0.3) is 0 Å². The van der Waals surface area contributed by atoms with E-state index in [2.05, 4.69) is 64.9 Å². The maximum atomic E-state index is 4.68. The fourth-order valence-electron chi connectivity index (χ4n) is 2.19. The lowest BCUT2D eigenvalue weighted by atomic mass is 10.2. The van der Waals surface area contributed by atoms with Crippen molar-refractivity contribution in [2.75, 3.05) is 7.05 Å². The summed E-state index contributed by atoms with van der Waals surface area (Å²) in [5, 5.41) is 4.39. The molecule has 1 heterocycles. The van der Waals surface area contributed by atoms with Gasteiger partial charge in [-0.15, -0.1) is 0 Å². The smallest absolute Gasteiger partial charge is 0.145 e. The molecule has 92 valence electrons. The molecule has 1 aliphatic rings. The minimum Gasteiger partial charge on any atom is -0.369 e. The Morgan fingerprint density at radius 1 is 1.00 bits per heavy atom. The molecule has 0 spiro atoms. The largest absolute Gasteiger partial charge is 0.369 e. The number of benzene rings is 2. The van der Waals surface area contributed by atoms with Gasteiger partial charge in [-0.2, -0.15) is 10.9 Å². The van der Waals surface area contributed by atoms with Gasteiger partial charge in [-0.3, -0.25) is 0 Å². The highest BCUT2D eigenvalue weighted by Crippen LogP contribution is 2.50. The van der Waals surface area contributed by atoms with Crippen LogP contribution in [0.4, 0.5) is 5.69 Å². The quantitative estimate of drug-likeness (QED) is 0.790. The third kappa shape index (κ3) is 2.02. The van der Waals surface area contributed by atoms with E-state index in [1.165, 1.54) is 10.5 Å². The van der Waals surface area contributed by atoms with Crippen LogP contribution in [0.25, 0.3) is 0 Å². The molecule has 0 saturated heterocycles. The van der Waals surface area contributed by atoms with E-state index in [0.717, 1.165) is 16.6 Å². The summed E-state index contributed by atoms with van der Waals surface area (Å²) in [7, 11) is 1.60. The summed E-state index contributed by atoms with van der Waals surface area (Å²) < 4.78 is 0. The standard InChI is InChI=1S/C15H16N2S/c1-16-15-17-13-9-5-6-10-14(13)18(15)11-12-7-3-2-4-8-12/h2-10,18H,11H2,1H3,(H,16,17). The lowest BCUT2D eigenvalue weighted by Gasteiger charge is -2.18. The molecule has 1 N–H and O–H groups in total. The number of para-hydroxylation sites is 1. The third-order valence-electron chi connectivity index (χ3n) is 3.06. The van der Waals surface area contributed by atoms with Crippen LogP contribution in [-0.4, -0.2) is 12.2 Å². The summed E-state index contributed by atoms with van der Waals surface area (Å²) in [6.07, 6.45) is 0. The Morgan fingerprint density at radius 3 is 2.50 bits per heavy atom. The lowest BCUT2D eigenvalue weighted by molar-refractivity contribution is 1.20. The molecule has 0 bridgehead atoms. The van der Waals surface area contributed by atoms with Gasteiger partial charge < -0.3 is 5.32 Å². The number of nitrogens with one attached hydrogen (secondary N) is 1. The minimum absolute atomic E-state index is 0.362. The first-order chi connectivity index (χ1) is 8.88. The van der Waals surface area contributed by atoms with Crippen LogP contribution in [0.1, 0.15) is 5.56 Å². The number of rotatable bonds is 2. The van der Waals surface area contributed by atoms with Gasteiger partial charge in [0.05, 0.1) is 5.69 Å². The first-order valence-electron chi connectivity index (χ1n) is 6.05. The highest BCUT2D eigenvalue weighted by molar-refractivity contribution is 8.29. The van der Waals surface area contributed by atoms with E-state index in [-0.39, 0.29) is 10.9 Å². The average molecular weight is 256 g/mol. The predicted octanol–water partition coefficient (Wildman–Crippen LogP) is 3.47. The fraction of sp³-hybridized carbons (Fsp3) is 0.133. The van der Waals surface area contributed by atoms with Gasteiger partial charge in [-0.25, -0.2) is 4.99 Å². The zero-order valence-corrected chi connectivity index (χ0v) is 11.2. The number of hydrogen-bond acceptors (Lipinski definition) is 2. The zero-order chi connectivity index (χ0) is 12.4. The molecular weight excluding hydrogens is 240 g/mol. The van der Waals surface area contributed by atoms with Crippen LogP contribution >= 0.6 is 10.9 Å². The first kappa shape index (κ1) is 11.4. The molecular formula is C15H16N2S. The summed E-state index contributed by atoms with van der Waals surface area (Å²) in [6.45, 7) is 0. The topological polar surface area (TPSA) is 24.4 Å². The summed E-state index contributed by atoms with van der Waals surface area (Å²) in [4.78, 5) is 6.07. The maximum Gasteiger partial charge on any atom is 0.145 e. The van der Waals surface area contributed by atoms with Crippen LogP contribution < -0.4 is 5.32 Å². The molecule has 3 heteroatoms. The van der Waals surface area contributed by atoms with E-state index in [9.17, 15) is 0 Å². The Bertz CT molecular complexity index is 578. The Labute approximate surface area is 110 Å². The number of thiol groups is 1. The molecule has 2 nitrogen and oxygen atoms in total. The van der Waals surface area contributed by atoms with Gasteiger partial charge in [0.1, 0.15) is 5.17 Å². The molecule has 2 aromatic rings. The van der Waals surface area contributed by atoms with Crippen LogP contribution in [0.2, 0.25) is 0 Å². The van der Waals surface area contributed by atoms with Gasteiger partial charge in [-0.1, -0.05) is 42.5 Å². The maximum absolute atomic E-state index is 4.68. The van der Waals surface area contributed by atoms with Crippen LogP contribution in [0.3, 0.4) is 0 Å². The molecule has 0 amide bonds. The Balaban J connectivity index is 1.94. The minimum atomic E-state index is -0.362. The summed E-state index contributed by atoms with van der Waals surface area (Å²) >= 11 is 0. The third-order valence-corrected chi connectivity index (χ3v) is 5.54. The van der Waals surface area contributed by atoms with Crippen molar-refractivity contribution in [2.45, 2.75) is 10.6 Å².